The predicted octanol–water partition coefficient (Wildman–Crippen LogP) is 2.16. The number of imidazole rings is 1. The van der Waals surface area contributed by atoms with Gasteiger partial charge in [0.2, 0.25) is 5.82 Å². The quantitative estimate of drug-likeness (QED) is 0.891. The van der Waals surface area contributed by atoms with Crippen molar-refractivity contribution in [3.63, 3.8) is 0 Å². The average molecular weight is 240 g/mol. The van der Waals surface area contributed by atoms with E-state index in [1.807, 2.05) is 17.7 Å². The zero-order valence-corrected chi connectivity index (χ0v) is 10.6. The molecule has 0 atom stereocenters. The highest BCUT2D eigenvalue weighted by Gasteiger charge is 2.07. The first-order valence-electron chi connectivity index (χ1n) is 6.00. The number of hydrogen-bond acceptors (Lipinski definition) is 3. The third-order valence-corrected chi connectivity index (χ3v) is 2.85. The highest BCUT2D eigenvalue weighted by atomic mass is 15.1. The van der Waals surface area contributed by atoms with E-state index in [0.717, 1.165) is 24.3 Å². The molecule has 1 heterocycles. The molecule has 1 aromatic carbocycles. The van der Waals surface area contributed by atoms with Crippen LogP contribution in [0.5, 0.6) is 0 Å². The summed E-state index contributed by atoms with van der Waals surface area (Å²) in [5.74, 6) is 0.415. The van der Waals surface area contributed by atoms with Crippen molar-refractivity contribution >= 4 is 0 Å². The van der Waals surface area contributed by atoms with Crippen LogP contribution in [0.2, 0.25) is 0 Å². The van der Waals surface area contributed by atoms with Gasteiger partial charge in [-0.3, -0.25) is 4.57 Å². The molecule has 4 heteroatoms. The minimum absolute atomic E-state index is 0.415. The number of nitrogens with one attached hydrogen (secondary N) is 1. The fourth-order valence-corrected chi connectivity index (χ4v) is 1.87. The fourth-order valence-electron chi connectivity index (χ4n) is 1.87. The summed E-state index contributed by atoms with van der Waals surface area (Å²) in [5.41, 5.74) is 3.35. The Morgan fingerprint density at radius 1 is 1.44 bits per heavy atom. The first-order chi connectivity index (χ1) is 8.76. The van der Waals surface area contributed by atoms with Crippen molar-refractivity contribution in [3.8, 4) is 11.8 Å². The van der Waals surface area contributed by atoms with Gasteiger partial charge in [0.05, 0.1) is 5.69 Å². The molecule has 2 aromatic rings. The van der Waals surface area contributed by atoms with E-state index in [1.165, 1.54) is 5.56 Å². The molecule has 0 fully saturated rings. The van der Waals surface area contributed by atoms with Crippen LogP contribution in [-0.2, 0) is 6.54 Å². The first-order valence-corrected chi connectivity index (χ1v) is 6.00. The monoisotopic (exact) mass is 240 g/mol. The van der Waals surface area contributed by atoms with E-state index >= 15 is 0 Å². The maximum Gasteiger partial charge on any atom is 0.217 e. The van der Waals surface area contributed by atoms with Crippen molar-refractivity contribution in [1.82, 2.24) is 14.9 Å². The van der Waals surface area contributed by atoms with E-state index in [0.29, 0.717) is 5.82 Å². The number of hydrogen-bond donors (Lipinski definition) is 1. The number of rotatable bonds is 4. The molecule has 1 aromatic heterocycles. The minimum atomic E-state index is 0.415. The lowest BCUT2D eigenvalue weighted by Gasteiger charge is -2.10. The zero-order valence-electron chi connectivity index (χ0n) is 10.6. The van der Waals surface area contributed by atoms with E-state index in [4.69, 9.17) is 5.26 Å². The number of aryl methyl sites for hydroxylation is 1. The van der Waals surface area contributed by atoms with E-state index < -0.39 is 0 Å². The Morgan fingerprint density at radius 2 is 2.28 bits per heavy atom. The van der Waals surface area contributed by atoms with Gasteiger partial charge in [0, 0.05) is 18.9 Å². The maximum atomic E-state index is 9.02. The zero-order chi connectivity index (χ0) is 13.0. The number of nitriles is 1. The molecular formula is C14H16N4. The molecule has 0 unspecified atom stereocenters. The summed E-state index contributed by atoms with van der Waals surface area (Å²) >= 11 is 0. The Hall–Kier alpha value is -2.12. The van der Waals surface area contributed by atoms with Gasteiger partial charge in [-0.1, -0.05) is 19.1 Å². The van der Waals surface area contributed by atoms with Gasteiger partial charge in [-0.15, -0.1) is 0 Å². The van der Waals surface area contributed by atoms with Crippen LogP contribution < -0.4 is 5.32 Å². The number of nitrogens with zero attached hydrogens (tertiary/aromatic N) is 3. The lowest BCUT2D eigenvalue weighted by Crippen LogP contribution is -2.12. The highest BCUT2D eigenvalue weighted by Crippen LogP contribution is 2.17. The molecule has 4 nitrogen and oxygen atoms in total. The Morgan fingerprint density at radius 3 is 3.00 bits per heavy atom. The molecule has 1 N–H and O–H groups in total. The van der Waals surface area contributed by atoms with Gasteiger partial charge in [0.25, 0.3) is 0 Å². The van der Waals surface area contributed by atoms with Gasteiger partial charge in [0.15, 0.2) is 0 Å². The van der Waals surface area contributed by atoms with Crippen LogP contribution in [0.4, 0.5) is 0 Å². The molecule has 0 aliphatic carbocycles. The van der Waals surface area contributed by atoms with Crippen molar-refractivity contribution in [3.05, 3.63) is 47.5 Å². The molecule has 18 heavy (non-hydrogen) atoms. The number of benzene rings is 1. The molecule has 0 aliphatic rings. The smallest absolute Gasteiger partial charge is 0.217 e. The van der Waals surface area contributed by atoms with Crippen LogP contribution in [-0.4, -0.2) is 16.1 Å². The van der Waals surface area contributed by atoms with Crippen LogP contribution in [0.3, 0.4) is 0 Å². The van der Waals surface area contributed by atoms with Gasteiger partial charge in [-0.2, -0.15) is 5.26 Å². The Labute approximate surface area is 107 Å². The molecule has 0 saturated heterocycles. The summed E-state index contributed by atoms with van der Waals surface area (Å²) in [6, 6.07) is 8.37. The topological polar surface area (TPSA) is 53.6 Å². The summed E-state index contributed by atoms with van der Waals surface area (Å²) < 4.78 is 1.82. The Balaban J connectivity index is 2.41. The SMILES string of the molecule is CCNCc1ccc(C)c(-n2ccnc2C#N)c1. The Bertz CT molecular complexity index is 578. The number of aromatic nitrogens is 2. The second kappa shape index (κ2) is 5.48. The van der Waals surface area contributed by atoms with E-state index in [2.05, 4.69) is 41.5 Å². The third-order valence-electron chi connectivity index (χ3n) is 2.85. The first kappa shape index (κ1) is 12.3. The Kier molecular flexibility index (Phi) is 3.75. The lowest BCUT2D eigenvalue weighted by molar-refractivity contribution is 0.726. The van der Waals surface area contributed by atoms with Crippen molar-refractivity contribution < 1.29 is 0 Å². The standard InChI is InChI=1S/C14H16N4/c1-3-16-10-12-5-4-11(2)13(8-12)18-7-6-17-14(18)9-15/h4-8,16H,3,10H2,1-2H3. The van der Waals surface area contributed by atoms with Gasteiger partial charge in [-0.05, 0) is 30.7 Å². The normalized spacial score (nSPS) is 10.3. The van der Waals surface area contributed by atoms with Crippen molar-refractivity contribution in [1.29, 1.82) is 5.26 Å². The summed E-state index contributed by atoms with van der Waals surface area (Å²) in [6.07, 6.45) is 3.47. The predicted molar refractivity (Wildman–Crippen MR) is 70.4 cm³/mol. The molecular weight excluding hydrogens is 224 g/mol. The van der Waals surface area contributed by atoms with Crippen molar-refractivity contribution in [2.45, 2.75) is 20.4 Å². The van der Waals surface area contributed by atoms with Crippen LogP contribution in [0.15, 0.2) is 30.6 Å². The third kappa shape index (κ3) is 2.41. The van der Waals surface area contributed by atoms with E-state index in [9.17, 15) is 0 Å². The molecule has 0 saturated carbocycles. The largest absolute Gasteiger partial charge is 0.313 e. The van der Waals surface area contributed by atoms with Gasteiger partial charge in [-0.25, -0.2) is 4.98 Å². The second-order valence-electron chi connectivity index (χ2n) is 4.13. The molecule has 2 rings (SSSR count). The van der Waals surface area contributed by atoms with Gasteiger partial charge < -0.3 is 5.32 Å². The van der Waals surface area contributed by atoms with Gasteiger partial charge >= 0.3 is 0 Å². The molecule has 0 aliphatic heterocycles. The van der Waals surface area contributed by atoms with Crippen LogP contribution in [0.1, 0.15) is 23.9 Å². The van der Waals surface area contributed by atoms with E-state index in [1.54, 1.807) is 6.20 Å². The summed E-state index contributed by atoms with van der Waals surface area (Å²) in [6.45, 7) is 5.89. The summed E-state index contributed by atoms with van der Waals surface area (Å²) in [7, 11) is 0. The van der Waals surface area contributed by atoms with Crippen LogP contribution in [0, 0.1) is 18.3 Å². The maximum absolute atomic E-state index is 9.02. The minimum Gasteiger partial charge on any atom is -0.313 e. The van der Waals surface area contributed by atoms with Crippen molar-refractivity contribution in [2.75, 3.05) is 6.54 Å². The van der Waals surface area contributed by atoms with Gasteiger partial charge in [0.1, 0.15) is 6.07 Å². The van der Waals surface area contributed by atoms with Crippen molar-refractivity contribution in [2.24, 2.45) is 0 Å². The van der Waals surface area contributed by atoms with E-state index in [-0.39, 0.29) is 0 Å². The summed E-state index contributed by atoms with van der Waals surface area (Å²) in [5, 5.41) is 12.3. The lowest BCUT2D eigenvalue weighted by atomic mass is 10.1. The molecule has 0 spiro atoms. The second-order valence-corrected chi connectivity index (χ2v) is 4.13. The molecule has 0 bridgehead atoms. The van der Waals surface area contributed by atoms with Crippen LogP contribution in [0.25, 0.3) is 5.69 Å². The fraction of sp³-hybridized carbons (Fsp3) is 0.286. The molecule has 0 radical (unpaired) electrons. The average Bonchev–Trinajstić information content (AvgIpc) is 2.86. The highest BCUT2D eigenvalue weighted by molar-refractivity contribution is 5.45. The summed E-state index contributed by atoms with van der Waals surface area (Å²) in [4.78, 5) is 4.03. The van der Waals surface area contributed by atoms with Crippen LogP contribution >= 0.6 is 0 Å². The molecule has 92 valence electrons. The molecule has 0 amide bonds.